The van der Waals surface area contributed by atoms with E-state index in [0.717, 1.165) is 38.5 Å². The third-order valence-corrected chi connectivity index (χ3v) is 6.60. The van der Waals surface area contributed by atoms with Gasteiger partial charge in [-0.15, -0.1) is 0 Å². The van der Waals surface area contributed by atoms with E-state index in [-0.39, 0.29) is 30.1 Å². The first-order valence-corrected chi connectivity index (χ1v) is 10.2. The number of carbonyl (C=O) groups is 3. The van der Waals surface area contributed by atoms with Crippen LogP contribution in [0.15, 0.2) is 12.5 Å². The normalized spacial score (nSPS) is 24.5. The number of esters is 1. The van der Waals surface area contributed by atoms with E-state index in [1.807, 2.05) is 4.90 Å². The summed E-state index contributed by atoms with van der Waals surface area (Å²) in [6, 6.07) is 0. The molecule has 152 valence electrons. The minimum absolute atomic E-state index is 0.0742. The lowest BCUT2D eigenvalue weighted by molar-refractivity contribution is -0.152. The second-order valence-corrected chi connectivity index (χ2v) is 8.37. The first kappa shape index (κ1) is 19.0. The summed E-state index contributed by atoms with van der Waals surface area (Å²) in [5, 5.41) is 2.97. The highest BCUT2D eigenvalue weighted by molar-refractivity contribution is 5.92. The number of aromatic nitrogens is 2. The number of imidazole rings is 1. The SMILES string of the molecule is Cn1cncc1C(=O)NCC1CCN(C(=O)C2CC(=O)OC23CCCC3)CC1. The number of hydrogen-bond donors (Lipinski definition) is 1. The molecule has 2 saturated heterocycles. The van der Waals surface area contributed by atoms with Gasteiger partial charge in [0.05, 0.1) is 24.9 Å². The fourth-order valence-electron chi connectivity index (χ4n) is 4.91. The van der Waals surface area contributed by atoms with Gasteiger partial charge in [-0.25, -0.2) is 4.98 Å². The number of amides is 2. The van der Waals surface area contributed by atoms with Crippen molar-refractivity contribution in [1.82, 2.24) is 19.8 Å². The van der Waals surface area contributed by atoms with Crippen LogP contribution in [-0.4, -0.2) is 57.5 Å². The molecule has 0 aromatic carbocycles. The highest BCUT2D eigenvalue weighted by Gasteiger charge is 2.54. The van der Waals surface area contributed by atoms with Gasteiger partial charge >= 0.3 is 5.97 Å². The van der Waals surface area contributed by atoms with Crippen LogP contribution >= 0.6 is 0 Å². The Balaban J connectivity index is 1.28. The van der Waals surface area contributed by atoms with Gasteiger partial charge in [0.15, 0.2) is 0 Å². The van der Waals surface area contributed by atoms with Crippen LogP contribution in [0, 0.1) is 11.8 Å². The Morgan fingerprint density at radius 1 is 1.29 bits per heavy atom. The highest BCUT2D eigenvalue weighted by atomic mass is 16.6. The molecule has 1 spiro atoms. The molecule has 1 atom stereocenters. The number of aryl methyl sites for hydroxylation is 1. The van der Waals surface area contributed by atoms with E-state index in [9.17, 15) is 14.4 Å². The molecule has 2 amide bonds. The summed E-state index contributed by atoms with van der Waals surface area (Å²) in [7, 11) is 1.79. The van der Waals surface area contributed by atoms with Crippen molar-refractivity contribution >= 4 is 17.8 Å². The van der Waals surface area contributed by atoms with Crippen LogP contribution in [0.5, 0.6) is 0 Å². The standard InChI is InChI=1S/C20H28N4O4/c1-23-13-21-12-16(23)18(26)22-11-14-4-8-24(9-5-14)19(27)15-10-17(25)28-20(15)6-2-3-7-20/h12-15H,2-11H2,1H3,(H,22,26). The van der Waals surface area contributed by atoms with Crippen molar-refractivity contribution in [3.63, 3.8) is 0 Å². The largest absolute Gasteiger partial charge is 0.458 e. The molecule has 0 radical (unpaired) electrons. The Morgan fingerprint density at radius 3 is 2.64 bits per heavy atom. The fourth-order valence-corrected chi connectivity index (χ4v) is 4.91. The van der Waals surface area contributed by atoms with Crippen LogP contribution in [-0.2, 0) is 21.4 Å². The molecule has 4 rings (SSSR count). The first-order valence-electron chi connectivity index (χ1n) is 10.2. The number of likely N-dealkylation sites (tertiary alicyclic amines) is 1. The second-order valence-electron chi connectivity index (χ2n) is 8.37. The first-order chi connectivity index (χ1) is 13.5. The van der Waals surface area contributed by atoms with Gasteiger partial charge < -0.3 is 19.5 Å². The summed E-state index contributed by atoms with van der Waals surface area (Å²) in [4.78, 5) is 43.0. The van der Waals surface area contributed by atoms with Crippen LogP contribution < -0.4 is 5.32 Å². The zero-order valence-electron chi connectivity index (χ0n) is 16.4. The Bertz CT molecular complexity index is 760. The average molecular weight is 388 g/mol. The van der Waals surface area contributed by atoms with Crippen LogP contribution in [0.1, 0.15) is 55.4 Å². The third kappa shape index (κ3) is 3.52. The number of rotatable bonds is 4. The summed E-state index contributed by atoms with van der Waals surface area (Å²) in [5.41, 5.74) is 0.00242. The number of hydrogen-bond acceptors (Lipinski definition) is 5. The molecule has 1 aromatic rings. The molecule has 0 bridgehead atoms. The quantitative estimate of drug-likeness (QED) is 0.784. The Morgan fingerprint density at radius 2 is 2.00 bits per heavy atom. The van der Waals surface area contributed by atoms with Crippen LogP contribution in [0.2, 0.25) is 0 Å². The maximum atomic E-state index is 13.1. The number of ether oxygens (including phenoxy) is 1. The van der Waals surface area contributed by atoms with E-state index in [4.69, 9.17) is 4.74 Å². The molecule has 3 fully saturated rings. The van der Waals surface area contributed by atoms with Gasteiger partial charge in [0.2, 0.25) is 5.91 Å². The average Bonchev–Trinajstić information content (AvgIpc) is 3.41. The second kappa shape index (κ2) is 7.56. The summed E-state index contributed by atoms with van der Waals surface area (Å²) in [6.07, 6.45) is 8.76. The molecule has 3 aliphatic rings. The minimum Gasteiger partial charge on any atom is -0.458 e. The third-order valence-electron chi connectivity index (χ3n) is 6.60. The van der Waals surface area contributed by atoms with Crippen molar-refractivity contribution in [3.8, 4) is 0 Å². The van der Waals surface area contributed by atoms with Crippen molar-refractivity contribution < 1.29 is 19.1 Å². The zero-order chi connectivity index (χ0) is 19.7. The number of nitrogens with one attached hydrogen (secondary N) is 1. The molecule has 8 heteroatoms. The molecular formula is C20H28N4O4. The van der Waals surface area contributed by atoms with E-state index < -0.39 is 5.60 Å². The van der Waals surface area contributed by atoms with Crippen molar-refractivity contribution in [2.75, 3.05) is 19.6 Å². The van der Waals surface area contributed by atoms with Gasteiger partial charge in [-0.1, -0.05) is 0 Å². The molecule has 1 aromatic heterocycles. The van der Waals surface area contributed by atoms with Crippen molar-refractivity contribution in [2.24, 2.45) is 18.9 Å². The van der Waals surface area contributed by atoms with Gasteiger partial charge in [0.1, 0.15) is 11.3 Å². The summed E-state index contributed by atoms with van der Waals surface area (Å²) in [5.74, 6) is -0.242. The topological polar surface area (TPSA) is 93.5 Å². The van der Waals surface area contributed by atoms with Crippen LogP contribution in [0.3, 0.4) is 0 Å². The fraction of sp³-hybridized carbons (Fsp3) is 0.700. The van der Waals surface area contributed by atoms with Gasteiger partial charge in [0, 0.05) is 26.7 Å². The smallest absolute Gasteiger partial charge is 0.307 e. The van der Waals surface area contributed by atoms with Gasteiger partial charge in [0.25, 0.3) is 5.91 Å². The number of carbonyl (C=O) groups excluding carboxylic acids is 3. The Labute approximate surface area is 164 Å². The lowest BCUT2D eigenvalue weighted by Gasteiger charge is -2.36. The summed E-state index contributed by atoms with van der Waals surface area (Å²) in [6.45, 7) is 1.94. The Kier molecular flexibility index (Phi) is 5.12. The van der Waals surface area contributed by atoms with E-state index in [0.29, 0.717) is 31.2 Å². The van der Waals surface area contributed by atoms with Gasteiger partial charge in [-0.2, -0.15) is 0 Å². The number of piperidine rings is 1. The molecule has 1 aliphatic carbocycles. The van der Waals surface area contributed by atoms with E-state index in [2.05, 4.69) is 10.3 Å². The highest BCUT2D eigenvalue weighted by Crippen LogP contribution is 2.46. The Hall–Kier alpha value is -2.38. The predicted octanol–water partition coefficient (Wildman–Crippen LogP) is 1.26. The van der Waals surface area contributed by atoms with Crippen LogP contribution in [0.4, 0.5) is 0 Å². The van der Waals surface area contributed by atoms with Crippen molar-refractivity contribution in [3.05, 3.63) is 18.2 Å². The van der Waals surface area contributed by atoms with Crippen molar-refractivity contribution in [1.29, 1.82) is 0 Å². The number of nitrogens with zero attached hydrogens (tertiary/aromatic N) is 3. The molecule has 1 saturated carbocycles. The van der Waals surface area contributed by atoms with Crippen LogP contribution in [0.25, 0.3) is 0 Å². The maximum absolute atomic E-state index is 13.1. The zero-order valence-corrected chi connectivity index (χ0v) is 16.4. The van der Waals surface area contributed by atoms with E-state index in [1.54, 1.807) is 24.1 Å². The van der Waals surface area contributed by atoms with Crippen molar-refractivity contribution in [2.45, 2.75) is 50.5 Å². The summed E-state index contributed by atoms with van der Waals surface area (Å²) >= 11 is 0. The molecule has 1 unspecified atom stereocenters. The molecule has 3 heterocycles. The molecule has 8 nitrogen and oxygen atoms in total. The molecule has 28 heavy (non-hydrogen) atoms. The van der Waals surface area contributed by atoms with Gasteiger partial charge in [-0.05, 0) is 44.4 Å². The monoisotopic (exact) mass is 388 g/mol. The van der Waals surface area contributed by atoms with E-state index >= 15 is 0 Å². The summed E-state index contributed by atoms with van der Waals surface area (Å²) < 4.78 is 7.32. The lowest BCUT2D eigenvalue weighted by Crippen LogP contribution is -2.48. The van der Waals surface area contributed by atoms with Gasteiger partial charge in [-0.3, -0.25) is 14.4 Å². The lowest BCUT2D eigenvalue weighted by atomic mass is 9.84. The predicted molar refractivity (Wildman–Crippen MR) is 100 cm³/mol. The molecule has 1 N–H and O–H groups in total. The molecule has 2 aliphatic heterocycles. The maximum Gasteiger partial charge on any atom is 0.307 e. The van der Waals surface area contributed by atoms with E-state index in [1.165, 1.54) is 0 Å². The molecular weight excluding hydrogens is 360 g/mol. The minimum atomic E-state index is -0.540.